The lowest BCUT2D eigenvalue weighted by Crippen LogP contribution is -2.32. The normalized spacial score (nSPS) is 14.5. The number of rotatable bonds is 5. The van der Waals surface area contributed by atoms with Crippen LogP contribution in [0.4, 0.5) is 21.6 Å². The van der Waals surface area contributed by atoms with E-state index < -0.39 is 6.04 Å². The maximum atomic E-state index is 13.8. The summed E-state index contributed by atoms with van der Waals surface area (Å²) in [5.41, 5.74) is 6.39. The van der Waals surface area contributed by atoms with Gasteiger partial charge in [0.05, 0.1) is 11.8 Å². The monoisotopic (exact) mass is 509 g/mol. The lowest BCUT2D eigenvalue weighted by molar-refractivity contribution is -0.113. The van der Waals surface area contributed by atoms with Gasteiger partial charge in [-0.05, 0) is 74.7 Å². The van der Waals surface area contributed by atoms with Crippen LogP contribution in [-0.4, -0.2) is 21.6 Å². The van der Waals surface area contributed by atoms with Crippen LogP contribution < -0.4 is 16.0 Å². The maximum absolute atomic E-state index is 13.8. The van der Waals surface area contributed by atoms with E-state index in [-0.39, 0.29) is 17.6 Å². The van der Waals surface area contributed by atoms with E-state index in [0.717, 1.165) is 16.7 Å². The van der Waals surface area contributed by atoms with Crippen molar-refractivity contribution in [2.45, 2.75) is 33.7 Å². The van der Waals surface area contributed by atoms with Crippen molar-refractivity contribution in [1.29, 1.82) is 0 Å². The summed E-state index contributed by atoms with van der Waals surface area (Å²) < 4.78 is 15.4. The number of hydrogen-bond acceptors (Lipinski definition) is 4. The molecule has 2 amide bonds. The summed E-state index contributed by atoms with van der Waals surface area (Å²) in [7, 11) is 0. The minimum Gasteiger partial charge on any atom is -0.343 e. The number of carbonyl (C=O) groups excluding carboxylic acids is 2. The number of carbonyl (C=O) groups is 2. The van der Waals surface area contributed by atoms with Gasteiger partial charge in [0.2, 0.25) is 0 Å². The number of hydrogen-bond donors (Lipinski definition) is 3. The van der Waals surface area contributed by atoms with Gasteiger partial charge < -0.3 is 16.0 Å². The number of anilines is 3. The molecule has 2 heterocycles. The van der Waals surface area contributed by atoms with E-state index in [2.05, 4.69) is 21.0 Å². The number of nitrogens with zero attached hydrogens (tertiary/aromatic N) is 2. The highest BCUT2D eigenvalue weighted by Crippen LogP contribution is 2.38. The number of nitrogens with one attached hydrogen (secondary N) is 3. The Labute approximate surface area is 220 Å². The number of amides is 2. The molecule has 1 aromatic heterocycles. The van der Waals surface area contributed by atoms with Crippen molar-refractivity contribution in [1.82, 2.24) is 9.78 Å². The van der Waals surface area contributed by atoms with Crippen molar-refractivity contribution in [2.24, 2.45) is 0 Å². The van der Waals surface area contributed by atoms with Crippen molar-refractivity contribution >= 4 is 29.0 Å². The molecule has 1 aliphatic rings. The first-order valence-corrected chi connectivity index (χ1v) is 12.3. The van der Waals surface area contributed by atoms with Gasteiger partial charge in [-0.1, -0.05) is 42.0 Å². The molecule has 38 heavy (non-hydrogen) atoms. The molecule has 4 aromatic rings. The smallest absolute Gasteiger partial charge is 0.261 e. The third-order valence-corrected chi connectivity index (χ3v) is 6.60. The van der Waals surface area contributed by atoms with Gasteiger partial charge >= 0.3 is 0 Å². The standard InChI is InChI=1S/C30H28FN5O2/c1-17-6-5-7-23(15-17)34-29(37)24-16-32-36-27(21-9-11-22(31)12-10-21)26(20(4)33-28(24)36)30(38)35-25-13-8-18(2)14-19(25)3/h5-16,27,33H,1-4H3,(H,34,37)(H,35,38)/t27-/m1/s1. The first kappa shape index (κ1) is 25.0. The van der Waals surface area contributed by atoms with Gasteiger partial charge in [0, 0.05) is 17.1 Å². The predicted molar refractivity (Wildman–Crippen MR) is 147 cm³/mol. The van der Waals surface area contributed by atoms with Crippen LogP contribution in [0.5, 0.6) is 0 Å². The fraction of sp³-hybridized carbons (Fsp3) is 0.167. The van der Waals surface area contributed by atoms with Gasteiger partial charge in [0.25, 0.3) is 11.8 Å². The Morgan fingerprint density at radius 1 is 0.895 bits per heavy atom. The molecule has 3 aromatic carbocycles. The highest BCUT2D eigenvalue weighted by molar-refractivity contribution is 6.09. The molecule has 1 atom stereocenters. The van der Waals surface area contributed by atoms with Crippen molar-refractivity contribution in [2.75, 3.05) is 16.0 Å². The molecule has 0 radical (unpaired) electrons. The third kappa shape index (κ3) is 4.80. The van der Waals surface area contributed by atoms with E-state index in [1.54, 1.807) is 23.7 Å². The highest BCUT2D eigenvalue weighted by Gasteiger charge is 2.35. The molecule has 0 aliphatic carbocycles. The number of aromatic nitrogens is 2. The molecule has 8 heteroatoms. The molecule has 7 nitrogen and oxygen atoms in total. The van der Waals surface area contributed by atoms with E-state index in [1.807, 2.05) is 63.2 Å². The number of allylic oxidation sites excluding steroid dienone is 1. The summed E-state index contributed by atoms with van der Waals surface area (Å²) in [4.78, 5) is 26.9. The summed E-state index contributed by atoms with van der Waals surface area (Å²) in [6, 6.07) is 18.6. The number of halogens is 1. The summed E-state index contributed by atoms with van der Waals surface area (Å²) in [5, 5.41) is 13.7. The second-order valence-electron chi connectivity index (χ2n) is 9.57. The van der Waals surface area contributed by atoms with Crippen LogP contribution in [0.3, 0.4) is 0 Å². The maximum Gasteiger partial charge on any atom is 0.261 e. The van der Waals surface area contributed by atoms with Crippen LogP contribution in [0.1, 0.15) is 45.6 Å². The van der Waals surface area contributed by atoms with Gasteiger partial charge in [0.15, 0.2) is 0 Å². The first-order chi connectivity index (χ1) is 18.2. The molecule has 3 N–H and O–H groups in total. The van der Waals surface area contributed by atoms with Crippen molar-refractivity contribution < 1.29 is 14.0 Å². The predicted octanol–water partition coefficient (Wildman–Crippen LogP) is 6.13. The topological polar surface area (TPSA) is 88.0 Å². The van der Waals surface area contributed by atoms with Gasteiger partial charge in [-0.25, -0.2) is 9.07 Å². The average molecular weight is 510 g/mol. The van der Waals surface area contributed by atoms with E-state index in [9.17, 15) is 14.0 Å². The van der Waals surface area contributed by atoms with Gasteiger partial charge in [-0.15, -0.1) is 0 Å². The molecule has 1 aliphatic heterocycles. The molecule has 0 fully saturated rings. The van der Waals surface area contributed by atoms with Crippen molar-refractivity contribution in [3.63, 3.8) is 0 Å². The Kier molecular flexibility index (Phi) is 6.55. The second kappa shape index (κ2) is 9.97. The van der Waals surface area contributed by atoms with Gasteiger partial charge in [0.1, 0.15) is 23.2 Å². The molecule has 0 saturated carbocycles. The average Bonchev–Trinajstić information content (AvgIpc) is 3.29. The van der Waals surface area contributed by atoms with E-state index >= 15 is 0 Å². The zero-order valence-corrected chi connectivity index (χ0v) is 21.6. The van der Waals surface area contributed by atoms with Crippen LogP contribution in [0, 0.1) is 26.6 Å². The fourth-order valence-electron chi connectivity index (χ4n) is 4.73. The molecule has 0 saturated heterocycles. The Bertz CT molecular complexity index is 1590. The van der Waals surface area contributed by atoms with Crippen LogP contribution in [-0.2, 0) is 4.79 Å². The Hall–Kier alpha value is -4.72. The quantitative estimate of drug-likeness (QED) is 0.302. The molecule has 0 unspecified atom stereocenters. The lowest BCUT2D eigenvalue weighted by atomic mass is 9.94. The third-order valence-electron chi connectivity index (χ3n) is 6.60. The number of aryl methyl sites for hydroxylation is 3. The molecular formula is C30H28FN5O2. The molecule has 5 rings (SSSR count). The minimum atomic E-state index is -0.682. The molecule has 0 bridgehead atoms. The Morgan fingerprint density at radius 2 is 1.63 bits per heavy atom. The first-order valence-electron chi connectivity index (χ1n) is 12.3. The molecule has 0 spiro atoms. The van der Waals surface area contributed by atoms with Crippen molar-refractivity contribution in [3.8, 4) is 0 Å². The van der Waals surface area contributed by atoms with Crippen LogP contribution in [0.15, 0.2) is 84.2 Å². The van der Waals surface area contributed by atoms with E-state index in [1.165, 1.54) is 18.3 Å². The van der Waals surface area contributed by atoms with Crippen LogP contribution in [0.25, 0.3) is 0 Å². The Balaban J connectivity index is 1.54. The van der Waals surface area contributed by atoms with Crippen molar-refractivity contribution in [3.05, 3.63) is 118 Å². The summed E-state index contributed by atoms with van der Waals surface area (Å²) in [6.45, 7) is 7.66. The van der Waals surface area contributed by atoms with Crippen LogP contribution in [0.2, 0.25) is 0 Å². The SMILES string of the molecule is CC1=C(C(=O)Nc2ccc(C)cc2C)[C@@H](c2ccc(F)cc2)n2ncc(C(=O)Nc3cccc(C)c3)c2N1. The molecule has 192 valence electrons. The fourth-order valence-corrected chi connectivity index (χ4v) is 4.73. The minimum absolute atomic E-state index is 0.316. The van der Waals surface area contributed by atoms with Gasteiger partial charge in [-0.3, -0.25) is 9.59 Å². The highest BCUT2D eigenvalue weighted by atomic mass is 19.1. The lowest BCUT2D eigenvalue weighted by Gasteiger charge is -2.30. The van der Waals surface area contributed by atoms with Gasteiger partial charge in [-0.2, -0.15) is 5.10 Å². The zero-order chi connectivity index (χ0) is 27.0. The van der Waals surface area contributed by atoms with Crippen LogP contribution >= 0.6 is 0 Å². The van der Waals surface area contributed by atoms with E-state index in [0.29, 0.717) is 39.6 Å². The summed E-state index contributed by atoms with van der Waals surface area (Å²) in [6.07, 6.45) is 1.47. The van der Waals surface area contributed by atoms with E-state index in [4.69, 9.17) is 0 Å². The molecular weight excluding hydrogens is 481 g/mol. The summed E-state index contributed by atoms with van der Waals surface area (Å²) in [5.74, 6) is -0.588. The number of benzene rings is 3. The number of fused-ring (bicyclic) bond motifs is 1. The Morgan fingerprint density at radius 3 is 2.34 bits per heavy atom. The largest absolute Gasteiger partial charge is 0.343 e. The zero-order valence-electron chi connectivity index (χ0n) is 21.6. The second-order valence-corrected chi connectivity index (χ2v) is 9.57. The summed E-state index contributed by atoms with van der Waals surface area (Å²) >= 11 is 0.